The maximum absolute atomic E-state index is 12.6. The quantitative estimate of drug-likeness (QED) is 0.737. The standard InChI is InChI=1S/C20H28N2O4S/c1-16-13-17(2)15-21(14-16)20(23)8-5-18-3-6-19(7-4-18)27(24,25)22-9-11-26-12-10-22/h3-8,16-17H,9-15H2,1-2H3/b8-5+/t16-,17+. The average Bonchev–Trinajstić information content (AvgIpc) is 2.66. The number of benzene rings is 1. The minimum absolute atomic E-state index is 0.0124. The Kier molecular flexibility index (Phi) is 6.34. The van der Waals surface area contributed by atoms with Gasteiger partial charge >= 0.3 is 0 Å². The summed E-state index contributed by atoms with van der Waals surface area (Å²) in [6, 6.07) is 6.66. The topological polar surface area (TPSA) is 66.9 Å². The first kappa shape index (κ1) is 20.0. The van der Waals surface area contributed by atoms with Gasteiger partial charge in [-0.25, -0.2) is 8.42 Å². The Hall–Kier alpha value is -1.70. The fraction of sp³-hybridized carbons (Fsp3) is 0.550. The molecule has 2 fully saturated rings. The monoisotopic (exact) mass is 392 g/mol. The van der Waals surface area contributed by atoms with Gasteiger partial charge in [0.05, 0.1) is 18.1 Å². The van der Waals surface area contributed by atoms with Crippen molar-refractivity contribution < 1.29 is 17.9 Å². The molecule has 27 heavy (non-hydrogen) atoms. The van der Waals surface area contributed by atoms with E-state index in [1.54, 1.807) is 36.4 Å². The van der Waals surface area contributed by atoms with Gasteiger partial charge in [-0.1, -0.05) is 26.0 Å². The fourth-order valence-corrected chi connectivity index (χ4v) is 5.21. The maximum Gasteiger partial charge on any atom is 0.246 e. The smallest absolute Gasteiger partial charge is 0.246 e. The molecule has 0 spiro atoms. The molecule has 2 aliphatic heterocycles. The SMILES string of the molecule is C[C@@H]1C[C@H](C)CN(C(=O)/C=C/c2ccc(S(=O)(=O)N3CCOCC3)cc2)C1. The van der Waals surface area contributed by atoms with Crippen LogP contribution >= 0.6 is 0 Å². The lowest BCUT2D eigenvalue weighted by Gasteiger charge is -2.34. The second kappa shape index (κ2) is 8.54. The van der Waals surface area contributed by atoms with Crippen LogP contribution in [0.15, 0.2) is 35.2 Å². The first-order valence-corrected chi connectivity index (χ1v) is 10.9. The normalized spacial score (nSPS) is 25.0. The van der Waals surface area contributed by atoms with Crippen molar-refractivity contribution in [1.82, 2.24) is 9.21 Å². The Balaban J connectivity index is 1.65. The van der Waals surface area contributed by atoms with Crippen molar-refractivity contribution in [3.63, 3.8) is 0 Å². The molecule has 3 rings (SSSR count). The van der Waals surface area contributed by atoms with E-state index < -0.39 is 10.0 Å². The van der Waals surface area contributed by atoms with Crippen LogP contribution in [0.4, 0.5) is 0 Å². The number of hydrogen-bond acceptors (Lipinski definition) is 4. The van der Waals surface area contributed by atoms with E-state index >= 15 is 0 Å². The zero-order chi connectivity index (χ0) is 19.4. The Bertz CT molecular complexity index is 773. The Morgan fingerprint density at radius 3 is 2.26 bits per heavy atom. The number of piperidine rings is 1. The summed E-state index contributed by atoms with van der Waals surface area (Å²) >= 11 is 0. The second-order valence-electron chi connectivity index (χ2n) is 7.61. The van der Waals surface area contributed by atoms with Gasteiger partial charge in [0.2, 0.25) is 15.9 Å². The van der Waals surface area contributed by atoms with Crippen molar-refractivity contribution >= 4 is 22.0 Å². The van der Waals surface area contributed by atoms with Gasteiger partial charge in [0.15, 0.2) is 0 Å². The van der Waals surface area contributed by atoms with Gasteiger partial charge in [0, 0.05) is 32.3 Å². The largest absolute Gasteiger partial charge is 0.379 e. The van der Waals surface area contributed by atoms with Crippen LogP contribution in [0, 0.1) is 11.8 Å². The lowest BCUT2D eigenvalue weighted by atomic mass is 9.92. The van der Waals surface area contributed by atoms with Crippen LogP contribution in [0.3, 0.4) is 0 Å². The van der Waals surface area contributed by atoms with E-state index in [1.165, 1.54) is 4.31 Å². The molecule has 2 heterocycles. The first-order chi connectivity index (χ1) is 12.9. The van der Waals surface area contributed by atoms with Crippen LogP contribution in [-0.4, -0.2) is 62.9 Å². The third-order valence-corrected chi connectivity index (χ3v) is 7.00. The van der Waals surface area contributed by atoms with Gasteiger partial charge < -0.3 is 9.64 Å². The molecule has 0 aliphatic carbocycles. The first-order valence-electron chi connectivity index (χ1n) is 9.51. The number of carbonyl (C=O) groups is 1. The molecule has 148 valence electrons. The van der Waals surface area contributed by atoms with Crippen LogP contribution in [0.1, 0.15) is 25.8 Å². The van der Waals surface area contributed by atoms with Crippen LogP contribution in [0.2, 0.25) is 0 Å². The second-order valence-corrected chi connectivity index (χ2v) is 9.55. The molecule has 1 aromatic rings. The molecular formula is C20H28N2O4S. The van der Waals surface area contributed by atoms with Gasteiger partial charge in [0.25, 0.3) is 0 Å². The van der Waals surface area contributed by atoms with Gasteiger partial charge in [0.1, 0.15) is 0 Å². The molecular weight excluding hydrogens is 364 g/mol. The number of morpholine rings is 1. The number of sulfonamides is 1. The van der Waals surface area contributed by atoms with Crippen molar-refractivity contribution in [1.29, 1.82) is 0 Å². The summed E-state index contributed by atoms with van der Waals surface area (Å²) in [6.45, 7) is 7.55. The van der Waals surface area contributed by atoms with Crippen molar-refractivity contribution in [2.75, 3.05) is 39.4 Å². The summed E-state index contributed by atoms with van der Waals surface area (Å²) < 4.78 is 31.9. The Morgan fingerprint density at radius 2 is 1.67 bits per heavy atom. The molecule has 1 aromatic carbocycles. The van der Waals surface area contributed by atoms with E-state index in [1.807, 2.05) is 4.90 Å². The predicted molar refractivity (Wildman–Crippen MR) is 105 cm³/mol. The number of hydrogen-bond donors (Lipinski definition) is 0. The zero-order valence-electron chi connectivity index (χ0n) is 16.0. The average molecular weight is 393 g/mol. The van der Waals surface area contributed by atoms with Crippen LogP contribution in [0.5, 0.6) is 0 Å². The minimum Gasteiger partial charge on any atom is -0.379 e. The summed E-state index contributed by atoms with van der Waals surface area (Å²) in [5, 5.41) is 0. The number of rotatable bonds is 4. The van der Waals surface area contributed by atoms with E-state index in [-0.39, 0.29) is 10.8 Å². The Morgan fingerprint density at radius 1 is 1.07 bits per heavy atom. The van der Waals surface area contributed by atoms with Crippen LogP contribution < -0.4 is 0 Å². The molecule has 0 radical (unpaired) electrons. The van der Waals surface area contributed by atoms with Gasteiger partial charge in [-0.05, 0) is 42.0 Å². The number of nitrogens with zero attached hydrogens (tertiary/aromatic N) is 2. The third kappa shape index (κ3) is 4.97. The van der Waals surface area contributed by atoms with E-state index in [0.717, 1.165) is 25.1 Å². The van der Waals surface area contributed by atoms with Crippen LogP contribution in [0.25, 0.3) is 6.08 Å². The summed E-state index contributed by atoms with van der Waals surface area (Å²) in [4.78, 5) is 14.6. The molecule has 0 bridgehead atoms. The molecule has 2 atom stereocenters. The molecule has 0 unspecified atom stereocenters. The highest BCUT2D eigenvalue weighted by Crippen LogP contribution is 2.22. The van der Waals surface area contributed by atoms with Gasteiger partial charge in [-0.15, -0.1) is 0 Å². The fourth-order valence-electron chi connectivity index (χ4n) is 3.80. The number of amides is 1. The molecule has 0 N–H and O–H groups in total. The molecule has 0 saturated carbocycles. The lowest BCUT2D eigenvalue weighted by Crippen LogP contribution is -2.41. The molecule has 6 nitrogen and oxygen atoms in total. The molecule has 1 amide bonds. The summed E-state index contributed by atoms with van der Waals surface area (Å²) in [6.07, 6.45) is 4.49. The lowest BCUT2D eigenvalue weighted by molar-refractivity contribution is -0.128. The molecule has 2 saturated heterocycles. The highest BCUT2D eigenvalue weighted by atomic mass is 32.2. The van der Waals surface area contributed by atoms with Crippen molar-refractivity contribution in [2.45, 2.75) is 25.2 Å². The van der Waals surface area contributed by atoms with E-state index in [4.69, 9.17) is 4.74 Å². The van der Waals surface area contributed by atoms with Crippen molar-refractivity contribution in [3.05, 3.63) is 35.9 Å². The predicted octanol–water partition coefficient (Wildman–Crippen LogP) is 2.23. The van der Waals surface area contributed by atoms with Crippen molar-refractivity contribution in [3.8, 4) is 0 Å². The summed E-state index contributed by atoms with van der Waals surface area (Å²) in [5.74, 6) is 1.06. The van der Waals surface area contributed by atoms with Gasteiger partial charge in [-0.2, -0.15) is 4.31 Å². The number of ether oxygens (including phenoxy) is 1. The highest BCUT2D eigenvalue weighted by molar-refractivity contribution is 7.89. The van der Waals surface area contributed by atoms with Gasteiger partial charge in [-0.3, -0.25) is 4.79 Å². The Labute approximate surface area is 161 Å². The van der Waals surface area contributed by atoms with E-state index in [2.05, 4.69) is 13.8 Å². The zero-order valence-corrected chi connectivity index (χ0v) is 16.8. The van der Waals surface area contributed by atoms with E-state index in [9.17, 15) is 13.2 Å². The molecule has 0 aromatic heterocycles. The van der Waals surface area contributed by atoms with Crippen molar-refractivity contribution in [2.24, 2.45) is 11.8 Å². The minimum atomic E-state index is -3.49. The van der Waals surface area contributed by atoms with Crippen LogP contribution in [-0.2, 0) is 19.6 Å². The number of likely N-dealkylation sites (tertiary alicyclic amines) is 1. The van der Waals surface area contributed by atoms with E-state index in [0.29, 0.717) is 38.1 Å². The molecule has 7 heteroatoms. The maximum atomic E-state index is 12.6. The summed E-state index contributed by atoms with van der Waals surface area (Å²) in [7, 11) is -3.49. The molecule has 2 aliphatic rings. The third-order valence-electron chi connectivity index (χ3n) is 5.09. The number of carbonyl (C=O) groups excluding carboxylic acids is 1. The summed E-state index contributed by atoms with van der Waals surface area (Å²) in [5.41, 5.74) is 0.808. The highest BCUT2D eigenvalue weighted by Gasteiger charge is 2.26.